The molecule has 2 nitrogen and oxygen atoms in total. The van der Waals surface area contributed by atoms with E-state index in [1.807, 2.05) is 0 Å². The van der Waals surface area contributed by atoms with Crippen molar-refractivity contribution in [3.05, 3.63) is 0 Å². The van der Waals surface area contributed by atoms with Crippen LogP contribution in [0.1, 0.15) is 58.3 Å². The zero-order valence-electron chi connectivity index (χ0n) is 10.5. The molecule has 2 saturated carbocycles. The molecule has 2 unspecified atom stereocenters. The second-order valence-corrected chi connectivity index (χ2v) is 6.03. The second-order valence-electron chi connectivity index (χ2n) is 6.03. The van der Waals surface area contributed by atoms with E-state index >= 15 is 0 Å². The first kappa shape index (κ1) is 11.9. The minimum Gasteiger partial charge on any atom is -0.313 e. The van der Waals surface area contributed by atoms with Crippen LogP contribution < -0.4 is 5.32 Å². The molecule has 0 spiro atoms. The van der Waals surface area contributed by atoms with Crippen LogP contribution in [0.15, 0.2) is 0 Å². The van der Waals surface area contributed by atoms with Crippen LogP contribution in [0.5, 0.6) is 0 Å². The van der Waals surface area contributed by atoms with Gasteiger partial charge in [-0.2, -0.15) is 5.26 Å². The van der Waals surface area contributed by atoms with Crippen LogP contribution in [0.25, 0.3) is 0 Å². The van der Waals surface area contributed by atoms with E-state index < -0.39 is 0 Å². The summed E-state index contributed by atoms with van der Waals surface area (Å²) in [5.41, 5.74) is 0.368. The van der Waals surface area contributed by atoms with Gasteiger partial charge in [0.05, 0.1) is 6.07 Å². The van der Waals surface area contributed by atoms with Crippen molar-refractivity contribution in [3.63, 3.8) is 0 Å². The molecule has 2 aliphatic rings. The Bertz CT molecular complexity index is 262. The summed E-state index contributed by atoms with van der Waals surface area (Å²) >= 11 is 0. The topological polar surface area (TPSA) is 35.8 Å². The van der Waals surface area contributed by atoms with Gasteiger partial charge in [-0.1, -0.05) is 19.8 Å². The van der Waals surface area contributed by atoms with E-state index in [4.69, 9.17) is 5.26 Å². The van der Waals surface area contributed by atoms with Crippen molar-refractivity contribution in [1.29, 1.82) is 5.26 Å². The molecule has 0 aromatic heterocycles. The highest BCUT2D eigenvalue weighted by Crippen LogP contribution is 2.48. The van der Waals surface area contributed by atoms with Gasteiger partial charge in [0.2, 0.25) is 0 Å². The number of nitrogens with zero attached hydrogens (tertiary/aromatic N) is 1. The van der Waals surface area contributed by atoms with Crippen molar-refractivity contribution < 1.29 is 0 Å². The molecule has 16 heavy (non-hydrogen) atoms. The van der Waals surface area contributed by atoms with Gasteiger partial charge >= 0.3 is 0 Å². The molecule has 0 aromatic rings. The molecule has 0 aliphatic heterocycles. The largest absolute Gasteiger partial charge is 0.313 e. The first-order valence-electron chi connectivity index (χ1n) is 6.84. The molecule has 0 heterocycles. The summed E-state index contributed by atoms with van der Waals surface area (Å²) in [6.07, 6.45) is 10.1. The molecule has 0 bridgehead atoms. The summed E-state index contributed by atoms with van der Waals surface area (Å²) in [4.78, 5) is 0. The van der Waals surface area contributed by atoms with Gasteiger partial charge in [0, 0.05) is 19.0 Å². The van der Waals surface area contributed by atoms with Crippen LogP contribution in [0.3, 0.4) is 0 Å². The lowest BCUT2D eigenvalue weighted by Gasteiger charge is -2.20. The van der Waals surface area contributed by atoms with Crippen LogP contribution in [-0.2, 0) is 0 Å². The third kappa shape index (κ3) is 3.22. The van der Waals surface area contributed by atoms with Crippen LogP contribution in [0.2, 0.25) is 0 Å². The van der Waals surface area contributed by atoms with Gasteiger partial charge in [-0.25, -0.2) is 0 Å². The number of rotatable bonds is 4. The molecule has 2 rings (SSSR count). The maximum atomic E-state index is 8.78. The van der Waals surface area contributed by atoms with Crippen LogP contribution in [0.4, 0.5) is 0 Å². The average Bonchev–Trinajstić information content (AvgIpc) is 3.03. The van der Waals surface area contributed by atoms with Gasteiger partial charge in [0.25, 0.3) is 0 Å². The maximum absolute atomic E-state index is 8.78. The summed E-state index contributed by atoms with van der Waals surface area (Å²) in [5.74, 6) is 0.917. The highest BCUT2D eigenvalue weighted by Gasteiger charge is 2.42. The molecule has 2 aliphatic carbocycles. The van der Waals surface area contributed by atoms with Gasteiger partial charge in [-0.3, -0.25) is 0 Å². The Morgan fingerprint density at radius 1 is 1.25 bits per heavy atom. The van der Waals surface area contributed by atoms with Crippen molar-refractivity contribution in [2.75, 3.05) is 6.54 Å². The van der Waals surface area contributed by atoms with E-state index in [0.717, 1.165) is 24.9 Å². The molecular formula is C14H24N2. The van der Waals surface area contributed by atoms with E-state index in [2.05, 4.69) is 18.3 Å². The zero-order valence-corrected chi connectivity index (χ0v) is 10.5. The highest BCUT2D eigenvalue weighted by molar-refractivity contribution is 5.01. The SMILES string of the molecule is CC1CCCC(NCC2(CC#N)CC2)CC1. The summed E-state index contributed by atoms with van der Waals surface area (Å²) in [7, 11) is 0. The molecule has 0 aromatic carbocycles. The fourth-order valence-electron chi connectivity index (χ4n) is 2.81. The van der Waals surface area contributed by atoms with Gasteiger partial charge in [-0.05, 0) is 43.4 Å². The number of nitrogens with one attached hydrogen (secondary N) is 1. The normalized spacial score (nSPS) is 32.8. The van der Waals surface area contributed by atoms with E-state index in [0.29, 0.717) is 5.41 Å². The van der Waals surface area contributed by atoms with Crippen LogP contribution in [-0.4, -0.2) is 12.6 Å². The first-order valence-corrected chi connectivity index (χ1v) is 6.84. The molecular weight excluding hydrogens is 196 g/mol. The smallest absolute Gasteiger partial charge is 0.0628 e. The Morgan fingerprint density at radius 2 is 2.06 bits per heavy atom. The minimum absolute atomic E-state index is 0.368. The maximum Gasteiger partial charge on any atom is 0.0628 e. The lowest BCUT2D eigenvalue weighted by molar-refractivity contribution is 0.385. The van der Waals surface area contributed by atoms with Gasteiger partial charge in [-0.15, -0.1) is 0 Å². The summed E-state index contributed by atoms with van der Waals surface area (Å²) in [6, 6.07) is 3.06. The number of nitriles is 1. The van der Waals surface area contributed by atoms with Crippen molar-refractivity contribution in [2.24, 2.45) is 11.3 Å². The van der Waals surface area contributed by atoms with E-state index in [1.165, 1.54) is 44.9 Å². The third-order valence-electron chi connectivity index (χ3n) is 4.43. The standard InChI is InChI=1S/C14H24N2/c1-12-3-2-4-13(6-5-12)16-11-14(7-8-14)9-10-15/h12-13,16H,2-9,11H2,1H3. The molecule has 0 radical (unpaired) electrons. The fraction of sp³-hybridized carbons (Fsp3) is 0.929. The second kappa shape index (κ2) is 5.19. The first-order chi connectivity index (χ1) is 7.74. The Kier molecular flexibility index (Phi) is 3.86. The molecule has 2 fully saturated rings. The predicted molar refractivity (Wildman–Crippen MR) is 65.9 cm³/mol. The lowest BCUT2D eigenvalue weighted by Crippen LogP contribution is -2.33. The van der Waals surface area contributed by atoms with E-state index in [-0.39, 0.29) is 0 Å². The Morgan fingerprint density at radius 3 is 2.75 bits per heavy atom. The molecule has 1 N–H and O–H groups in total. The molecule has 2 atom stereocenters. The highest BCUT2D eigenvalue weighted by atomic mass is 14.9. The molecule has 90 valence electrons. The zero-order chi connectivity index (χ0) is 11.4. The summed E-state index contributed by atoms with van der Waals surface area (Å²) < 4.78 is 0. The average molecular weight is 220 g/mol. The van der Waals surface area contributed by atoms with Gasteiger partial charge in [0.15, 0.2) is 0 Å². The number of hydrogen-bond donors (Lipinski definition) is 1. The van der Waals surface area contributed by atoms with Crippen LogP contribution in [0, 0.1) is 22.7 Å². The predicted octanol–water partition coefficient (Wildman–Crippen LogP) is 3.24. The number of hydrogen-bond acceptors (Lipinski definition) is 2. The van der Waals surface area contributed by atoms with Crippen LogP contribution >= 0.6 is 0 Å². The Labute approximate surface area is 99.4 Å². The van der Waals surface area contributed by atoms with Crippen molar-refractivity contribution in [1.82, 2.24) is 5.32 Å². The summed E-state index contributed by atoms with van der Waals surface area (Å²) in [6.45, 7) is 3.46. The minimum atomic E-state index is 0.368. The van der Waals surface area contributed by atoms with Crippen molar-refractivity contribution >= 4 is 0 Å². The van der Waals surface area contributed by atoms with Crippen molar-refractivity contribution in [2.45, 2.75) is 64.3 Å². The fourth-order valence-corrected chi connectivity index (χ4v) is 2.81. The van der Waals surface area contributed by atoms with E-state index in [1.54, 1.807) is 0 Å². The molecule has 0 saturated heterocycles. The monoisotopic (exact) mass is 220 g/mol. The third-order valence-corrected chi connectivity index (χ3v) is 4.43. The summed E-state index contributed by atoms with van der Waals surface area (Å²) in [5, 5.41) is 12.5. The van der Waals surface area contributed by atoms with Gasteiger partial charge in [0.1, 0.15) is 0 Å². The Hall–Kier alpha value is -0.550. The quantitative estimate of drug-likeness (QED) is 0.738. The van der Waals surface area contributed by atoms with E-state index in [9.17, 15) is 0 Å². The molecule has 0 amide bonds. The van der Waals surface area contributed by atoms with Gasteiger partial charge < -0.3 is 5.32 Å². The lowest BCUT2D eigenvalue weighted by atomic mass is 10.0. The van der Waals surface area contributed by atoms with Crippen molar-refractivity contribution in [3.8, 4) is 6.07 Å². The Balaban J connectivity index is 1.71. The molecule has 2 heteroatoms.